The number of ketones is 1. The molecular formula is C23H35NO5. The van der Waals surface area contributed by atoms with E-state index in [0.717, 1.165) is 22.6 Å². The normalized spacial score (nSPS) is 22.5. The van der Waals surface area contributed by atoms with Gasteiger partial charge in [-0.25, -0.2) is 5.06 Å². The fraction of sp³-hybridized carbons (Fsp3) is 0.565. The van der Waals surface area contributed by atoms with Crippen molar-refractivity contribution in [3.8, 4) is 0 Å². The zero-order valence-electron chi connectivity index (χ0n) is 18.8. The van der Waals surface area contributed by atoms with E-state index in [2.05, 4.69) is 12.7 Å². The summed E-state index contributed by atoms with van der Waals surface area (Å²) in [5.74, 6) is -1.08. The van der Waals surface area contributed by atoms with E-state index in [1.54, 1.807) is 6.92 Å². The quantitative estimate of drug-likeness (QED) is 0.235. The van der Waals surface area contributed by atoms with Crippen molar-refractivity contribution in [2.45, 2.75) is 71.9 Å². The van der Waals surface area contributed by atoms with Crippen LogP contribution < -0.4 is 0 Å². The summed E-state index contributed by atoms with van der Waals surface area (Å²) >= 11 is 0. The monoisotopic (exact) mass is 405 g/mol. The highest BCUT2D eigenvalue weighted by molar-refractivity contribution is 6.01. The average molecular weight is 406 g/mol. The second-order valence-corrected chi connectivity index (χ2v) is 7.81. The molecule has 0 bridgehead atoms. The molecule has 0 unspecified atom stereocenters. The molecule has 0 N–H and O–H groups in total. The molecule has 0 aliphatic carbocycles. The number of hydrogen-bond donors (Lipinski definition) is 0. The lowest BCUT2D eigenvalue weighted by atomic mass is 10.0. The number of carbonyl (C=O) groups excluding carboxylic acids is 2. The van der Waals surface area contributed by atoms with Crippen molar-refractivity contribution < 1.29 is 23.9 Å². The van der Waals surface area contributed by atoms with Gasteiger partial charge in [-0.05, 0) is 53.0 Å². The van der Waals surface area contributed by atoms with Gasteiger partial charge in [0.25, 0.3) is 5.91 Å². The number of amides is 1. The molecule has 1 aliphatic heterocycles. The van der Waals surface area contributed by atoms with Crippen LogP contribution in [0.25, 0.3) is 0 Å². The topological polar surface area (TPSA) is 65.1 Å². The van der Waals surface area contributed by atoms with E-state index in [4.69, 9.17) is 14.3 Å². The minimum atomic E-state index is -0.648. The molecule has 6 heteroatoms. The standard InChI is InChI=1S/C23H35NO5/c1-9-16(2)11-13-20-21(29-23(5,6)28-20)14-17(3)10-12-19(25)18(4)15-22(26)24(7)27-8/h9,11,14-15,20-21H,1,10,12-13H2,2-8H3/b16-11+,17-14-,18-15-/t20-,21-/m0/s1. The zero-order valence-corrected chi connectivity index (χ0v) is 18.8. The highest BCUT2D eigenvalue weighted by atomic mass is 16.7. The van der Waals surface area contributed by atoms with Gasteiger partial charge in [0.15, 0.2) is 11.6 Å². The molecule has 0 aromatic rings. The van der Waals surface area contributed by atoms with Crippen molar-refractivity contribution in [1.29, 1.82) is 0 Å². The Morgan fingerprint density at radius 2 is 1.83 bits per heavy atom. The van der Waals surface area contributed by atoms with Gasteiger partial charge in [0.2, 0.25) is 0 Å². The van der Waals surface area contributed by atoms with Crippen molar-refractivity contribution in [3.63, 3.8) is 0 Å². The van der Waals surface area contributed by atoms with Gasteiger partial charge in [0.1, 0.15) is 6.10 Å². The number of allylic oxidation sites excluding steroid dienone is 4. The lowest BCUT2D eigenvalue weighted by molar-refractivity contribution is -0.162. The predicted molar refractivity (Wildman–Crippen MR) is 114 cm³/mol. The Balaban J connectivity index is 2.72. The summed E-state index contributed by atoms with van der Waals surface area (Å²) < 4.78 is 12.1. The van der Waals surface area contributed by atoms with Crippen LogP contribution in [0.15, 0.2) is 47.6 Å². The number of likely N-dealkylation sites (N-methyl/N-ethyl adjacent to an activating group) is 1. The predicted octanol–water partition coefficient (Wildman–Crippen LogP) is 4.29. The lowest BCUT2D eigenvalue weighted by Crippen LogP contribution is -2.24. The van der Waals surface area contributed by atoms with Gasteiger partial charge in [0.05, 0.1) is 13.2 Å². The highest BCUT2D eigenvalue weighted by Crippen LogP contribution is 2.32. The number of carbonyl (C=O) groups is 2. The van der Waals surface area contributed by atoms with Gasteiger partial charge in [-0.1, -0.05) is 36.0 Å². The Kier molecular flexibility index (Phi) is 9.70. The van der Waals surface area contributed by atoms with E-state index in [0.29, 0.717) is 18.4 Å². The van der Waals surface area contributed by atoms with Crippen LogP contribution in [0, 0.1) is 0 Å². The van der Waals surface area contributed by atoms with Gasteiger partial charge in [0, 0.05) is 19.5 Å². The van der Waals surface area contributed by atoms with Crippen LogP contribution in [0.4, 0.5) is 0 Å². The summed E-state index contributed by atoms with van der Waals surface area (Å²) in [5.41, 5.74) is 2.56. The van der Waals surface area contributed by atoms with Gasteiger partial charge in [-0.3, -0.25) is 14.4 Å². The molecular weight excluding hydrogens is 370 g/mol. The number of hydrogen-bond acceptors (Lipinski definition) is 5. The van der Waals surface area contributed by atoms with Crippen molar-refractivity contribution in [2.75, 3.05) is 14.2 Å². The molecule has 1 amide bonds. The molecule has 1 saturated heterocycles. The van der Waals surface area contributed by atoms with Crippen molar-refractivity contribution in [1.82, 2.24) is 5.06 Å². The van der Waals surface area contributed by atoms with E-state index in [1.165, 1.54) is 20.2 Å². The van der Waals surface area contributed by atoms with Crippen molar-refractivity contribution in [3.05, 3.63) is 47.6 Å². The minimum absolute atomic E-state index is 0.0689. The smallest absolute Gasteiger partial charge is 0.270 e. The molecule has 6 nitrogen and oxygen atoms in total. The first-order valence-corrected chi connectivity index (χ1v) is 9.84. The van der Waals surface area contributed by atoms with Gasteiger partial charge >= 0.3 is 0 Å². The molecule has 2 atom stereocenters. The van der Waals surface area contributed by atoms with E-state index in [9.17, 15) is 9.59 Å². The summed E-state index contributed by atoms with van der Waals surface area (Å²) in [5, 5.41) is 1.07. The number of rotatable bonds is 10. The molecule has 1 fully saturated rings. The third-order valence-corrected chi connectivity index (χ3v) is 4.77. The number of nitrogens with zero attached hydrogens (tertiary/aromatic N) is 1. The molecule has 1 rings (SSSR count). The van der Waals surface area contributed by atoms with Crippen LogP contribution in [0.1, 0.15) is 53.9 Å². The van der Waals surface area contributed by atoms with Crippen molar-refractivity contribution in [2.24, 2.45) is 0 Å². The second-order valence-electron chi connectivity index (χ2n) is 7.81. The Hall–Kier alpha value is -2.02. The van der Waals surface area contributed by atoms with Crippen LogP contribution in [0.3, 0.4) is 0 Å². The molecule has 0 spiro atoms. The molecule has 162 valence electrons. The van der Waals surface area contributed by atoms with Gasteiger partial charge in [-0.15, -0.1) is 0 Å². The Morgan fingerprint density at radius 3 is 2.41 bits per heavy atom. The minimum Gasteiger partial charge on any atom is -0.344 e. The fourth-order valence-corrected chi connectivity index (χ4v) is 2.89. The molecule has 0 aromatic carbocycles. The third-order valence-electron chi connectivity index (χ3n) is 4.77. The lowest BCUT2D eigenvalue weighted by Gasteiger charge is -2.16. The number of hydroxylamine groups is 2. The first kappa shape index (κ1) is 25.0. The second kappa shape index (κ2) is 11.2. The van der Waals surface area contributed by atoms with E-state index >= 15 is 0 Å². The van der Waals surface area contributed by atoms with E-state index in [-0.39, 0.29) is 23.9 Å². The van der Waals surface area contributed by atoms with Crippen LogP contribution in [0.5, 0.6) is 0 Å². The number of Topliss-reactive ketones (excluding diaryl/α,β-unsaturated/α-hetero) is 1. The molecule has 0 aromatic heterocycles. The van der Waals surface area contributed by atoms with Crippen LogP contribution in [-0.2, 0) is 23.9 Å². The van der Waals surface area contributed by atoms with Crippen LogP contribution in [0.2, 0.25) is 0 Å². The maximum atomic E-state index is 12.3. The largest absolute Gasteiger partial charge is 0.344 e. The average Bonchev–Trinajstić information content (AvgIpc) is 2.96. The van der Waals surface area contributed by atoms with Crippen molar-refractivity contribution >= 4 is 11.7 Å². The summed E-state index contributed by atoms with van der Waals surface area (Å²) in [7, 11) is 2.89. The first-order chi connectivity index (χ1) is 13.5. The maximum Gasteiger partial charge on any atom is 0.270 e. The fourth-order valence-electron chi connectivity index (χ4n) is 2.89. The van der Waals surface area contributed by atoms with E-state index < -0.39 is 5.79 Å². The maximum absolute atomic E-state index is 12.3. The Morgan fingerprint density at radius 1 is 1.17 bits per heavy atom. The number of ether oxygens (including phenoxy) is 2. The Labute approximate surface area is 174 Å². The summed E-state index contributed by atoms with van der Waals surface area (Å²) in [6, 6.07) is 0. The summed E-state index contributed by atoms with van der Waals surface area (Å²) in [4.78, 5) is 29.0. The zero-order chi connectivity index (χ0) is 22.2. The first-order valence-electron chi connectivity index (χ1n) is 9.84. The molecule has 0 saturated carbocycles. The van der Waals surface area contributed by atoms with Crippen LogP contribution >= 0.6 is 0 Å². The molecule has 1 heterocycles. The van der Waals surface area contributed by atoms with E-state index in [1.807, 2.05) is 39.8 Å². The molecule has 0 radical (unpaired) electrons. The van der Waals surface area contributed by atoms with Gasteiger partial charge in [-0.2, -0.15) is 0 Å². The van der Waals surface area contributed by atoms with Gasteiger partial charge < -0.3 is 9.47 Å². The Bertz CT molecular complexity index is 702. The summed E-state index contributed by atoms with van der Waals surface area (Å²) in [6.45, 7) is 13.2. The highest BCUT2D eigenvalue weighted by Gasteiger charge is 2.39. The van der Waals surface area contributed by atoms with Crippen LogP contribution in [-0.4, -0.2) is 48.9 Å². The summed E-state index contributed by atoms with van der Waals surface area (Å²) in [6.07, 6.45) is 8.61. The SMILES string of the molecule is C=C/C(C)=C/C[C@@H]1OC(C)(C)O[C@H]1/C=C(/C)CCC(=O)/C(C)=C\C(=O)N(C)OC. The third kappa shape index (κ3) is 8.48. The molecule has 1 aliphatic rings. The molecule has 29 heavy (non-hydrogen) atoms.